The molecule has 0 aliphatic carbocycles. The van der Waals surface area contributed by atoms with Crippen molar-refractivity contribution in [3.8, 4) is 0 Å². The third-order valence-electron chi connectivity index (χ3n) is 2.22. The van der Waals surface area contributed by atoms with Crippen LogP contribution in [0.15, 0.2) is 0 Å². The fraction of sp³-hybridized carbons (Fsp3) is 1.00. The number of alkyl halides is 1. The lowest BCUT2D eigenvalue weighted by Crippen LogP contribution is -2.49. The zero-order chi connectivity index (χ0) is 8.10. The maximum atomic E-state index is 11.8. The number of hydrogen-bond acceptors (Lipinski definition) is 2. The molecule has 1 saturated heterocycles. The summed E-state index contributed by atoms with van der Waals surface area (Å²) in [5.74, 6) is 0. The van der Waals surface area contributed by atoms with E-state index < -0.39 is 0 Å². The van der Waals surface area contributed by atoms with Crippen molar-refractivity contribution in [3.05, 3.63) is 0 Å². The molecular weight excluding hydrogens is 143 g/mol. The van der Waals surface area contributed by atoms with Crippen LogP contribution < -0.4 is 5.32 Å². The normalized spacial score (nSPS) is 27.3. The molecule has 2 nitrogen and oxygen atoms in total. The van der Waals surface area contributed by atoms with Crippen molar-refractivity contribution in [2.24, 2.45) is 0 Å². The zero-order valence-electron chi connectivity index (χ0n) is 7.15. The van der Waals surface area contributed by atoms with E-state index in [9.17, 15) is 4.39 Å². The van der Waals surface area contributed by atoms with E-state index in [0.717, 1.165) is 26.2 Å². The quantitative estimate of drug-likeness (QED) is 0.651. The summed E-state index contributed by atoms with van der Waals surface area (Å²) < 4.78 is 11.8. The van der Waals surface area contributed by atoms with Gasteiger partial charge in [0.2, 0.25) is 0 Å². The van der Waals surface area contributed by atoms with Gasteiger partial charge in [0.25, 0.3) is 0 Å². The molecule has 1 heterocycles. The average molecular weight is 160 g/mol. The Morgan fingerprint density at radius 2 is 2.45 bits per heavy atom. The van der Waals surface area contributed by atoms with Gasteiger partial charge in [-0.1, -0.05) is 0 Å². The van der Waals surface area contributed by atoms with Gasteiger partial charge < -0.3 is 5.32 Å². The van der Waals surface area contributed by atoms with Crippen LogP contribution in [0.3, 0.4) is 0 Å². The van der Waals surface area contributed by atoms with Gasteiger partial charge in [-0.3, -0.25) is 9.29 Å². The largest absolute Gasteiger partial charge is 0.314 e. The monoisotopic (exact) mass is 160 g/mol. The molecule has 1 aliphatic rings. The maximum Gasteiger partial charge on any atom is 0.0906 e. The molecule has 1 N–H and O–H groups in total. The Balaban J connectivity index is 2.18. The van der Waals surface area contributed by atoms with Crippen molar-refractivity contribution in [2.45, 2.75) is 19.4 Å². The van der Waals surface area contributed by atoms with Crippen molar-refractivity contribution < 1.29 is 4.39 Å². The van der Waals surface area contributed by atoms with Crippen molar-refractivity contribution in [1.29, 1.82) is 0 Å². The summed E-state index contributed by atoms with van der Waals surface area (Å²) in [4.78, 5) is 2.34. The fourth-order valence-corrected chi connectivity index (χ4v) is 1.48. The summed E-state index contributed by atoms with van der Waals surface area (Å²) in [5, 5.41) is 3.31. The van der Waals surface area contributed by atoms with Gasteiger partial charge >= 0.3 is 0 Å². The number of rotatable bonds is 3. The second kappa shape index (κ2) is 4.67. The summed E-state index contributed by atoms with van der Waals surface area (Å²) >= 11 is 0. The van der Waals surface area contributed by atoms with Gasteiger partial charge in [-0.2, -0.15) is 0 Å². The molecule has 0 saturated carbocycles. The van der Waals surface area contributed by atoms with Crippen LogP contribution in [0.5, 0.6) is 0 Å². The van der Waals surface area contributed by atoms with Crippen LogP contribution >= 0.6 is 0 Å². The van der Waals surface area contributed by atoms with Crippen molar-refractivity contribution >= 4 is 0 Å². The van der Waals surface area contributed by atoms with Gasteiger partial charge in [-0.15, -0.1) is 0 Å². The molecule has 0 aromatic rings. The number of nitrogens with one attached hydrogen (secondary N) is 1. The van der Waals surface area contributed by atoms with E-state index in [1.165, 1.54) is 0 Å². The van der Waals surface area contributed by atoms with E-state index in [0.29, 0.717) is 12.5 Å². The van der Waals surface area contributed by atoms with Crippen LogP contribution in [0.4, 0.5) is 4.39 Å². The lowest BCUT2D eigenvalue weighted by molar-refractivity contribution is 0.167. The molecule has 1 aliphatic heterocycles. The summed E-state index contributed by atoms with van der Waals surface area (Å²) in [6.07, 6.45) is 0.685. The minimum Gasteiger partial charge on any atom is -0.314 e. The van der Waals surface area contributed by atoms with Gasteiger partial charge in [0.15, 0.2) is 0 Å². The van der Waals surface area contributed by atoms with Gasteiger partial charge in [-0.25, -0.2) is 0 Å². The molecule has 0 amide bonds. The predicted octanol–water partition coefficient (Wildman–Crippen LogP) is 0.640. The van der Waals surface area contributed by atoms with E-state index >= 15 is 0 Å². The number of halogens is 1. The van der Waals surface area contributed by atoms with Crippen LogP contribution in [0.2, 0.25) is 0 Å². The highest BCUT2D eigenvalue weighted by Crippen LogP contribution is 2.02. The molecule has 0 spiro atoms. The summed E-state index contributed by atoms with van der Waals surface area (Å²) in [6, 6.07) is 0.579. The molecule has 0 unspecified atom stereocenters. The topological polar surface area (TPSA) is 15.3 Å². The molecule has 1 fully saturated rings. The highest BCUT2D eigenvalue weighted by Gasteiger charge is 2.16. The van der Waals surface area contributed by atoms with Crippen molar-refractivity contribution in [2.75, 3.05) is 32.9 Å². The maximum absolute atomic E-state index is 11.8. The van der Waals surface area contributed by atoms with Crippen LogP contribution in [0.1, 0.15) is 13.3 Å². The predicted molar refractivity (Wildman–Crippen MR) is 44.5 cm³/mol. The minimum atomic E-state index is -0.184. The van der Waals surface area contributed by atoms with Crippen LogP contribution in [0.25, 0.3) is 0 Å². The Labute approximate surface area is 67.8 Å². The first kappa shape index (κ1) is 8.94. The Kier molecular flexibility index (Phi) is 3.80. The third-order valence-corrected chi connectivity index (χ3v) is 2.22. The molecule has 0 aromatic carbocycles. The standard InChI is InChI=1S/C8H17FN2/c1-8-7-10-4-6-11(8)5-2-3-9/h8,10H,2-7H2,1H3/t8-/m0/s1. The average Bonchev–Trinajstić information content (AvgIpc) is 2.03. The first-order valence-electron chi connectivity index (χ1n) is 4.35. The summed E-state index contributed by atoms with van der Waals surface area (Å²) in [7, 11) is 0. The highest BCUT2D eigenvalue weighted by atomic mass is 19.1. The smallest absolute Gasteiger partial charge is 0.0906 e. The molecule has 1 rings (SSSR count). The Hall–Kier alpha value is -0.150. The van der Waals surface area contributed by atoms with E-state index in [2.05, 4.69) is 17.1 Å². The first-order valence-corrected chi connectivity index (χ1v) is 4.35. The number of nitrogens with zero attached hydrogens (tertiary/aromatic N) is 1. The highest BCUT2D eigenvalue weighted by molar-refractivity contribution is 4.75. The van der Waals surface area contributed by atoms with E-state index in [-0.39, 0.29) is 6.67 Å². The molecule has 0 radical (unpaired) electrons. The Morgan fingerprint density at radius 1 is 1.64 bits per heavy atom. The molecule has 11 heavy (non-hydrogen) atoms. The Bertz CT molecular complexity index is 108. The van der Waals surface area contributed by atoms with Crippen molar-refractivity contribution in [3.63, 3.8) is 0 Å². The molecule has 3 heteroatoms. The molecular formula is C8H17FN2. The SMILES string of the molecule is C[C@H]1CNCCN1CCCF. The van der Waals surface area contributed by atoms with Crippen LogP contribution in [0, 0.1) is 0 Å². The van der Waals surface area contributed by atoms with E-state index in [1.807, 2.05) is 0 Å². The summed E-state index contributed by atoms with van der Waals surface area (Å²) in [6.45, 7) is 6.09. The molecule has 1 atom stereocenters. The van der Waals surface area contributed by atoms with Gasteiger partial charge in [0.05, 0.1) is 6.67 Å². The number of piperazine rings is 1. The first-order chi connectivity index (χ1) is 5.34. The minimum absolute atomic E-state index is 0.184. The Morgan fingerprint density at radius 3 is 3.09 bits per heavy atom. The fourth-order valence-electron chi connectivity index (χ4n) is 1.48. The third kappa shape index (κ3) is 2.75. The number of hydrogen-bond donors (Lipinski definition) is 1. The van der Waals surface area contributed by atoms with Crippen LogP contribution in [-0.2, 0) is 0 Å². The summed E-state index contributed by atoms with van der Waals surface area (Å²) in [5.41, 5.74) is 0. The van der Waals surface area contributed by atoms with Crippen molar-refractivity contribution in [1.82, 2.24) is 10.2 Å². The van der Waals surface area contributed by atoms with Crippen LogP contribution in [-0.4, -0.2) is 43.8 Å². The van der Waals surface area contributed by atoms with E-state index in [4.69, 9.17) is 0 Å². The lowest BCUT2D eigenvalue weighted by atomic mass is 10.2. The lowest BCUT2D eigenvalue weighted by Gasteiger charge is -2.33. The second-order valence-corrected chi connectivity index (χ2v) is 3.13. The van der Waals surface area contributed by atoms with E-state index in [1.54, 1.807) is 0 Å². The zero-order valence-corrected chi connectivity index (χ0v) is 7.15. The van der Waals surface area contributed by atoms with Gasteiger partial charge in [-0.05, 0) is 13.3 Å². The molecule has 0 bridgehead atoms. The molecule has 66 valence electrons. The van der Waals surface area contributed by atoms with Gasteiger partial charge in [0, 0.05) is 32.2 Å². The molecule has 0 aromatic heterocycles. The van der Waals surface area contributed by atoms with Gasteiger partial charge in [0.1, 0.15) is 0 Å². The second-order valence-electron chi connectivity index (χ2n) is 3.13.